The molecule has 1 heterocycles. The minimum atomic E-state index is 0.246. The molecule has 4 heteroatoms. The van der Waals surface area contributed by atoms with Gasteiger partial charge in [0.15, 0.2) is 0 Å². The standard InChI is InChI=1S/C11H22N4/c1-3-5-6-11(14-12)10-8-13-15(9-10)7-4-2/h8-9,11,14H,3-7,12H2,1-2H3. The summed E-state index contributed by atoms with van der Waals surface area (Å²) in [6.45, 7) is 5.32. The van der Waals surface area contributed by atoms with E-state index in [1.807, 2.05) is 10.9 Å². The molecule has 1 aromatic rings. The van der Waals surface area contributed by atoms with Crippen LogP contribution in [0.1, 0.15) is 51.1 Å². The Kier molecular flexibility index (Phi) is 5.36. The lowest BCUT2D eigenvalue weighted by molar-refractivity contribution is 0.494. The molecular weight excluding hydrogens is 188 g/mol. The quantitative estimate of drug-likeness (QED) is 0.534. The highest BCUT2D eigenvalue weighted by Crippen LogP contribution is 2.17. The van der Waals surface area contributed by atoms with Crippen LogP contribution in [0.15, 0.2) is 12.4 Å². The van der Waals surface area contributed by atoms with Crippen LogP contribution in [0.4, 0.5) is 0 Å². The second-order valence-corrected chi connectivity index (χ2v) is 3.90. The maximum absolute atomic E-state index is 5.54. The predicted octanol–water partition coefficient (Wildman–Crippen LogP) is 1.99. The largest absolute Gasteiger partial charge is 0.272 e. The minimum Gasteiger partial charge on any atom is -0.272 e. The molecule has 0 saturated heterocycles. The van der Waals surface area contributed by atoms with Crippen molar-refractivity contribution in [2.75, 3.05) is 0 Å². The molecule has 0 aliphatic rings. The van der Waals surface area contributed by atoms with Crippen LogP contribution < -0.4 is 11.3 Å². The highest BCUT2D eigenvalue weighted by atomic mass is 15.3. The lowest BCUT2D eigenvalue weighted by Gasteiger charge is -2.12. The highest BCUT2D eigenvalue weighted by molar-refractivity contribution is 5.09. The lowest BCUT2D eigenvalue weighted by atomic mass is 10.1. The number of hydrazine groups is 1. The normalized spacial score (nSPS) is 13.0. The van der Waals surface area contributed by atoms with E-state index in [0.717, 1.165) is 19.4 Å². The molecule has 0 bridgehead atoms. The van der Waals surface area contributed by atoms with Crippen molar-refractivity contribution in [2.45, 2.75) is 52.1 Å². The molecule has 0 radical (unpaired) electrons. The SMILES string of the molecule is CCCCC(NN)c1cnn(CCC)c1. The summed E-state index contributed by atoms with van der Waals surface area (Å²) in [6, 6.07) is 0.246. The Hall–Kier alpha value is -0.870. The van der Waals surface area contributed by atoms with Crippen LogP contribution in [0.2, 0.25) is 0 Å². The van der Waals surface area contributed by atoms with Gasteiger partial charge in [-0.15, -0.1) is 0 Å². The van der Waals surface area contributed by atoms with E-state index < -0.39 is 0 Å². The van der Waals surface area contributed by atoms with Crippen molar-refractivity contribution in [2.24, 2.45) is 5.84 Å². The van der Waals surface area contributed by atoms with Gasteiger partial charge < -0.3 is 0 Å². The van der Waals surface area contributed by atoms with Crippen LogP contribution >= 0.6 is 0 Å². The van der Waals surface area contributed by atoms with E-state index in [1.54, 1.807) is 0 Å². The summed E-state index contributed by atoms with van der Waals surface area (Å²) in [5.41, 5.74) is 4.05. The van der Waals surface area contributed by atoms with E-state index in [-0.39, 0.29) is 6.04 Å². The van der Waals surface area contributed by atoms with E-state index in [0.29, 0.717) is 0 Å². The molecule has 0 aliphatic heterocycles. The molecule has 15 heavy (non-hydrogen) atoms. The summed E-state index contributed by atoms with van der Waals surface area (Å²) in [6.07, 6.45) is 8.57. The van der Waals surface area contributed by atoms with E-state index in [4.69, 9.17) is 5.84 Å². The molecule has 0 amide bonds. The van der Waals surface area contributed by atoms with Crippen LogP contribution in [0.3, 0.4) is 0 Å². The van der Waals surface area contributed by atoms with Gasteiger partial charge in [0, 0.05) is 24.3 Å². The Bertz CT molecular complexity index is 269. The topological polar surface area (TPSA) is 55.9 Å². The van der Waals surface area contributed by atoms with Gasteiger partial charge in [-0.1, -0.05) is 26.7 Å². The fourth-order valence-electron chi connectivity index (χ4n) is 1.67. The summed E-state index contributed by atoms with van der Waals surface area (Å²) < 4.78 is 1.98. The maximum atomic E-state index is 5.54. The van der Waals surface area contributed by atoms with Crippen molar-refractivity contribution in [1.29, 1.82) is 0 Å². The van der Waals surface area contributed by atoms with Gasteiger partial charge in [-0.2, -0.15) is 5.10 Å². The van der Waals surface area contributed by atoms with Gasteiger partial charge in [-0.3, -0.25) is 16.0 Å². The number of aromatic nitrogens is 2. The Morgan fingerprint density at radius 3 is 2.87 bits per heavy atom. The van der Waals surface area contributed by atoms with Crippen molar-refractivity contribution >= 4 is 0 Å². The van der Waals surface area contributed by atoms with Gasteiger partial charge >= 0.3 is 0 Å². The highest BCUT2D eigenvalue weighted by Gasteiger charge is 2.10. The fourth-order valence-corrected chi connectivity index (χ4v) is 1.67. The second-order valence-electron chi connectivity index (χ2n) is 3.90. The Morgan fingerprint density at radius 1 is 1.47 bits per heavy atom. The fraction of sp³-hybridized carbons (Fsp3) is 0.727. The van der Waals surface area contributed by atoms with E-state index in [1.165, 1.54) is 18.4 Å². The number of hydrogen-bond donors (Lipinski definition) is 2. The smallest absolute Gasteiger partial charge is 0.0538 e. The predicted molar refractivity (Wildman–Crippen MR) is 62.1 cm³/mol. The van der Waals surface area contributed by atoms with E-state index >= 15 is 0 Å². The van der Waals surface area contributed by atoms with Crippen molar-refractivity contribution in [1.82, 2.24) is 15.2 Å². The number of rotatable bonds is 7. The molecule has 0 fully saturated rings. The van der Waals surface area contributed by atoms with Crippen molar-refractivity contribution in [3.05, 3.63) is 18.0 Å². The average molecular weight is 210 g/mol. The summed E-state index contributed by atoms with van der Waals surface area (Å²) in [5, 5.41) is 4.30. The van der Waals surface area contributed by atoms with Crippen molar-refractivity contribution in [3.8, 4) is 0 Å². The first-order valence-corrected chi connectivity index (χ1v) is 5.80. The third-order valence-corrected chi connectivity index (χ3v) is 2.56. The molecule has 0 aromatic carbocycles. The summed E-state index contributed by atoms with van der Waals surface area (Å²) in [5.74, 6) is 5.54. The van der Waals surface area contributed by atoms with Crippen LogP contribution in [-0.2, 0) is 6.54 Å². The Balaban J connectivity index is 2.57. The Labute approximate surface area is 91.8 Å². The van der Waals surface area contributed by atoms with Crippen LogP contribution in [0.5, 0.6) is 0 Å². The first-order valence-electron chi connectivity index (χ1n) is 5.80. The molecule has 1 rings (SSSR count). The monoisotopic (exact) mass is 210 g/mol. The zero-order chi connectivity index (χ0) is 11.1. The third-order valence-electron chi connectivity index (χ3n) is 2.56. The van der Waals surface area contributed by atoms with Gasteiger partial charge in [0.05, 0.1) is 6.20 Å². The molecule has 1 unspecified atom stereocenters. The number of nitrogens with two attached hydrogens (primary N) is 1. The van der Waals surface area contributed by atoms with Crippen LogP contribution in [-0.4, -0.2) is 9.78 Å². The van der Waals surface area contributed by atoms with Gasteiger partial charge in [0.1, 0.15) is 0 Å². The van der Waals surface area contributed by atoms with Gasteiger partial charge in [-0.25, -0.2) is 0 Å². The molecule has 0 spiro atoms. The first kappa shape index (κ1) is 12.2. The average Bonchev–Trinajstić information content (AvgIpc) is 2.68. The first-order chi connectivity index (χ1) is 7.31. The molecule has 3 N–H and O–H groups in total. The third kappa shape index (κ3) is 3.64. The lowest BCUT2D eigenvalue weighted by Crippen LogP contribution is -2.27. The summed E-state index contributed by atoms with van der Waals surface area (Å²) in [7, 11) is 0. The van der Waals surface area contributed by atoms with E-state index in [9.17, 15) is 0 Å². The van der Waals surface area contributed by atoms with Crippen LogP contribution in [0.25, 0.3) is 0 Å². The molecule has 1 atom stereocenters. The number of hydrogen-bond acceptors (Lipinski definition) is 3. The summed E-state index contributed by atoms with van der Waals surface area (Å²) >= 11 is 0. The molecule has 0 saturated carbocycles. The molecule has 86 valence electrons. The zero-order valence-corrected chi connectivity index (χ0v) is 9.74. The number of nitrogens with one attached hydrogen (secondary N) is 1. The summed E-state index contributed by atoms with van der Waals surface area (Å²) in [4.78, 5) is 0. The van der Waals surface area contributed by atoms with Crippen molar-refractivity contribution < 1.29 is 0 Å². The van der Waals surface area contributed by atoms with Crippen molar-refractivity contribution in [3.63, 3.8) is 0 Å². The van der Waals surface area contributed by atoms with E-state index in [2.05, 4.69) is 30.6 Å². The molecule has 0 aliphatic carbocycles. The van der Waals surface area contributed by atoms with Gasteiger partial charge in [-0.05, 0) is 12.8 Å². The second kappa shape index (κ2) is 6.58. The maximum Gasteiger partial charge on any atom is 0.0538 e. The minimum absolute atomic E-state index is 0.246. The molecule has 4 nitrogen and oxygen atoms in total. The van der Waals surface area contributed by atoms with Gasteiger partial charge in [0.2, 0.25) is 0 Å². The molecular formula is C11H22N4. The van der Waals surface area contributed by atoms with Crippen LogP contribution in [0, 0.1) is 0 Å². The number of aryl methyl sites for hydroxylation is 1. The Morgan fingerprint density at radius 2 is 2.27 bits per heavy atom. The van der Waals surface area contributed by atoms with Gasteiger partial charge in [0.25, 0.3) is 0 Å². The number of unbranched alkanes of at least 4 members (excludes halogenated alkanes) is 1. The molecule has 1 aromatic heterocycles. The zero-order valence-electron chi connectivity index (χ0n) is 9.74. The number of nitrogens with zero attached hydrogens (tertiary/aromatic N) is 2.